The van der Waals surface area contributed by atoms with E-state index in [1.807, 2.05) is 18.7 Å². The zero-order chi connectivity index (χ0) is 20.9. The summed E-state index contributed by atoms with van der Waals surface area (Å²) < 4.78 is 2.06. The highest BCUT2D eigenvalue weighted by Gasteiger charge is 2.23. The number of rotatable bonds is 9. The minimum Gasteiger partial charge on any atom is -0.361 e. The number of hydrogen-bond acceptors (Lipinski definition) is 3. The normalized spacial score (nSPS) is 17.0. The van der Waals surface area contributed by atoms with Gasteiger partial charge in [0, 0.05) is 54.3 Å². The van der Waals surface area contributed by atoms with Crippen molar-refractivity contribution < 1.29 is 0 Å². The molecule has 2 aromatic carbocycles. The standard InChI is InChI=1S/C26H31N5/c1-2-5-21(6-3-1)10-12-27-19-24-7-4-14-30(24)15-11-22-18-29-26-9-8-23(17-25(22)26)31-16-13-28-20-31/h1-3,5-6,8-9,13,16-18,20,24,27,29H,4,7,10-12,14-15,19H2/t24-/m0/s1. The highest BCUT2D eigenvalue weighted by Crippen LogP contribution is 2.24. The van der Waals surface area contributed by atoms with Crippen molar-refractivity contribution in [2.45, 2.75) is 31.7 Å². The van der Waals surface area contributed by atoms with Gasteiger partial charge in [-0.1, -0.05) is 30.3 Å². The van der Waals surface area contributed by atoms with E-state index in [0.29, 0.717) is 6.04 Å². The van der Waals surface area contributed by atoms with Gasteiger partial charge in [-0.15, -0.1) is 0 Å². The maximum absolute atomic E-state index is 4.18. The van der Waals surface area contributed by atoms with Crippen molar-refractivity contribution in [3.63, 3.8) is 0 Å². The lowest BCUT2D eigenvalue weighted by Crippen LogP contribution is -2.39. The molecule has 5 rings (SSSR count). The second kappa shape index (κ2) is 9.50. The second-order valence-corrected chi connectivity index (χ2v) is 8.54. The van der Waals surface area contributed by atoms with Crippen molar-refractivity contribution in [3.05, 3.63) is 84.6 Å². The van der Waals surface area contributed by atoms with Gasteiger partial charge in [0.1, 0.15) is 0 Å². The monoisotopic (exact) mass is 413 g/mol. The molecule has 4 aromatic rings. The van der Waals surface area contributed by atoms with Crippen LogP contribution >= 0.6 is 0 Å². The Hall–Kier alpha value is -2.89. The maximum Gasteiger partial charge on any atom is 0.0991 e. The molecule has 31 heavy (non-hydrogen) atoms. The molecule has 0 saturated carbocycles. The number of H-pyrrole nitrogens is 1. The Balaban J connectivity index is 1.16. The van der Waals surface area contributed by atoms with Crippen LogP contribution in [0.4, 0.5) is 0 Å². The first-order valence-corrected chi connectivity index (χ1v) is 11.4. The second-order valence-electron chi connectivity index (χ2n) is 8.54. The van der Waals surface area contributed by atoms with Crippen molar-refractivity contribution >= 4 is 10.9 Å². The van der Waals surface area contributed by atoms with Gasteiger partial charge in [-0.3, -0.25) is 4.90 Å². The first-order chi connectivity index (χ1) is 15.4. The van der Waals surface area contributed by atoms with E-state index in [9.17, 15) is 0 Å². The topological polar surface area (TPSA) is 48.9 Å². The van der Waals surface area contributed by atoms with Gasteiger partial charge in [0.15, 0.2) is 0 Å². The molecule has 0 amide bonds. The fraction of sp³-hybridized carbons (Fsp3) is 0.346. The lowest BCUT2D eigenvalue weighted by atomic mass is 10.1. The van der Waals surface area contributed by atoms with Crippen LogP contribution in [0.1, 0.15) is 24.0 Å². The smallest absolute Gasteiger partial charge is 0.0991 e. The molecule has 0 unspecified atom stereocenters. The van der Waals surface area contributed by atoms with E-state index in [4.69, 9.17) is 0 Å². The molecule has 0 bridgehead atoms. The van der Waals surface area contributed by atoms with Gasteiger partial charge in [0.2, 0.25) is 0 Å². The van der Waals surface area contributed by atoms with Crippen LogP contribution in [0.15, 0.2) is 73.4 Å². The first-order valence-electron chi connectivity index (χ1n) is 11.4. The Morgan fingerprint density at radius 1 is 1.10 bits per heavy atom. The Morgan fingerprint density at radius 3 is 2.90 bits per heavy atom. The summed E-state index contributed by atoms with van der Waals surface area (Å²) >= 11 is 0. The van der Waals surface area contributed by atoms with Crippen molar-refractivity contribution in [2.24, 2.45) is 0 Å². The van der Waals surface area contributed by atoms with E-state index < -0.39 is 0 Å². The number of aromatic nitrogens is 3. The molecular formula is C26H31N5. The highest BCUT2D eigenvalue weighted by molar-refractivity contribution is 5.85. The molecule has 0 radical (unpaired) electrons. The number of nitrogens with one attached hydrogen (secondary N) is 2. The molecule has 1 saturated heterocycles. The molecule has 2 aromatic heterocycles. The Labute approximate surface area is 184 Å². The third-order valence-corrected chi connectivity index (χ3v) is 6.53. The van der Waals surface area contributed by atoms with Gasteiger partial charge in [-0.25, -0.2) is 4.98 Å². The van der Waals surface area contributed by atoms with E-state index in [-0.39, 0.29) is 0 Å². The number of fused-ring (bicyclic) bond motifs is 1. The molecule has 3 heterocycles. The fourth-order valence-corrected chi connectivity index (χ4v) is 4.78. The summed E-state index contributed by atoms with van der Waals surface area (Å²) in [4.78, 5) is 10.3. The summed E-state index contributed by atoms with van der Waals surface area (Å²) in [6, 6.07) is 18.0. The number of benzene rings is 2. The van der Waals surface area contributed by atoms with Gasteiger partial charge in [0.25, 0.3) is 0 Å². The molecule has 1 aliphatic heterocycles. The SMILES string of the molecule is c1ccc(CCNC[C@@H]2CCCN2CCc2c[nH]c3ccc(-n4ccnc4)cc23)cc1. The Morgan fingerprint density at radius 2 is 2.03 bits per heavy atom. The van der Waals surface area contributed by atoms with Gasteiger partial charge >= 0.3 is 0 Å². The van der Waals surface area contributed by atoms with Crippen LogP contribution in [0.2, 0.25) is 0 Å². The number of imidazole rings is 1. The predicted molar refractivity (Wildman–Crippen MR) is 127 cm³/mol. The molecule has 5 heteroatoms. The summed E-state index contributed by atoms with van der Waals surface area (Å²) in [5.41, 5.74) is 5.18. The molecule has 0 spiro atoms. The van der Waals surface area contributed by atoms with Gasteiger partial charge in [-0.05, 0) is 68.1 Å². The summed E-state index contributed by atoms with van der Waals surface area (Å²) in [6.45, 7) is 4.47. The molecular weight excluding hydrogens is 382 g/mol. The van der Waals surface area contributed by atoms with Crippen LogP contribution < -0.4 is 5.32 Å². The summed E-state index contributed by atoms with van der Waals surface area (Å²) in [5.74, 6) is 0. The summed E-state index contributed by atoms with van der Waals surface area (Å²) in [6.07, 6.45) is 12.6. The van der Waals surface area contributed by atoms with Gasteiger partial charge < -0.3 is 14.9 Å². The number of aromatic amines is 1. The average molecular weight is 414 g/mol. The fourth-order valence-electron chi connectivity index (χ4n) is 4.78. The molecule has 160 valence electrons. The Bertz CT molecular complexity index is 1080. The van der Waals surface area contributed by atoms with E-state index in [2.05, 4.69) is 79.5 Å². The van der Waals surface area contributed by atoms with Crippen LogP contribution in [0.5, 0.6) is 0 Å². The van der Waals surface area contributed by atoms with Crippen LogP contribution in [-0.2, 0) is 12.8 Å². The molecule has 0 aliphatic carbocycles. The molecule has 2 N–H and O–H groups in total. The molecule has 1 aliphatic rings. The quantitative estimate of drug-likeness (QED) is 0.405. The van der Waals surface area contributed by atoms with Crippen molar-refractivity contribution in [1.82, 2.24) is 24.8 Å². The Kier molecular flexibility index (Phi) is 6.14. The summed E-state index contributed by atoms with van der Waals surface area (Å²) in [7, 11) is 0. The molecule has 5 nitrogen and oxygen atoms in total. The van der Waals surface area contributed by atoms with E-state index in [1.165, 1.54) is 41.4 Å². The zero-order valence-corrected chi connectivity index (χ0v) is 18.0. The van der Waals surface area contributed by atoms with Gasteiger partial charge in [0.05, 0.1) is 6.33 Å². The third-order valence-electron chi connectivity index (χ3n) is 6.53. The lowest BCUT2D eigenvalue weighted by Gasteiger charge is -2.24. The maximum atomic E-state index is 4.18. The van der Waals surface area contributed by atoms with E-state index >= 15 is 0 Å². The van der Waals surface area contributed by atoms with Crippen molar-refractivity contribution in [1.29, 1.82) is 0 Å². The van der Waals surface area contributed by atoms with Crippen LogP contribution in [0, 0.1) is 0 Å². The van der Waals surface area contributed by atoms with Crippen LogP contribution in [0.25, 0.3) is 16.6 Å². The minimum absolute atomic E-state index is 0.655. The van der Waals surface area contributed by atoms with E-state index in [1.54, 1.807) is 0 Å². The first kappa shape index (κ1) is 20.0. The third kappa shape index (κ3) is 4.73. The van der Waals surface area contributed by atoms with Crippen LogP contribution in [0.3, 0.4) is 0 Å². The number of likely N-dealkylation sites (tertiary alicyclic amines) is 1. The number of hydrogen-bond donors (Lipinski definition) is 2. The van der Waals surface area contributed by atoms with E-state index in [0.717, 1.165) is 38.2 Å². The lowest BCUT2D eigenvalue weighted by molar-refractivity contribution is 0.251. The number of nitrogens with zero attached hydrogens (tertiary/aromatic N) is 3. The zero-order valence-electron chi connectivity index (χ0n) is 18.0. The van der Waals surface area contributed by atoms with Gasteiger partial charge in [-0.2, -0.15) is 0 Å². The minimum atomic E-state index is 0.655. The predicted octanol–water partition coefficient (Wildman–Crippen LogP) is 4.19. The van der Waals surface area contributed by atoms with Crippen molar-refractivity contribution in [3.8, 4) is 5.69 Å². The largest absolute Gasteiger partial charge is 0.361 e. The molecule has 1 atom stereocenters. The van der Waals surface area contributed by atoms with Crippen molar-refractivity contribution in [2.75, 3.05) is 26.2 Å². The average Bonchev–Trinajstić information content (AvgIpc) is 3.57. The summed E-state index contributed by atoms with van der Waals surface area (Å²) in [5, 5.41) is 5.02. The van der Waals surface area contributed by atoms with Crippen LogP contribution in [-0.4, -0.2) is 51.7 Å². The highest BCUT2D eigenvalue weighted by atomic mass is 15.2. The molecule has 1 fully saturated rings.